The lowest BCUT2D eigenvalue weighted by molar-refractivity contribution is -0.165. The fraction of sp³-hybridized carbons (Fsp3) is 0.800. The Morgan fingerprint density at radius 1 is 0.706 bits per heavy atom. The minimum atomic E-state index is -1.57. The number of aliphatic hydroxyl groups excluding tert-OH is 3. The Labute approximate surface area is 209 Å². The SMILES string of the molecule is Cc1cc(C(C)(C)C)c(C(O)(CCCCCCCC(C)C)C(CO)(CO)CO)c(C(C)(C)C)c1. The van der Waals surface area contributed by atoms with Crippen LogP contribution in [0, 0.1) is 18.3 Å². The molecule has 0 fully saturated rings. The minimum absolute atomic E-state index is 0.266. The van der Waals surface area contributed by atoms with Gasteiger partial charge in [0.05, 0.1) is 25.2 Å². The lowest BCUT2D eigenvalue weighted by Gasteiger charge is -2.49. The molecule has 1 atom stereocenters. The van der Waals surface area contributed by atoms with Gasteiger partial charge in [0.15, 0.2) is 0 Å². The molecular weight excluding hydrogens is 424 g/mol. The number of rotatable bonds is 13. The predicted octanol–water partition coefficient (Wildman–Crippen LogP) is 6.13. The van der Waals surface area contributed by atoms with Crippen LogP contribution in [0.15, 0.2) is 12.1 Å². The van der Waals surface area contributed by atoms with E-state index in [1.165, 1.54) is 19.3 Å². The first-order valence-corrected chi connectivity index (χ1v) is 13.3. The Balaban J connectivity index is 3.60. The fourth-order valence-electron chi connectivity index (χ4n) is 5.08. The number of benzene rings is 1. The van der Waals surface area contributed by atoms with Crippen molar-refractivity contribution in [2.75, 3.05) is 19.8 Å². The minimum Gasteiger partial charge on any atom is -0.395 e. The summed E-state index contributed by atoms with van der Waals surface area (Å²) in [7, 11) is 0. The first-order valence-electron chi connectivity index (χ1n) is 13.3. The van der Waals surface area contributed by atoms with Crippen molar-refractivity contribution in [3.8, 4) is 0 Å². The van der Waals surface area contributed by atoms with Crippen molar-refractivity contribution in [1.29, 1.82) is 0 Å². The zero-order valence-corrected chi connectivity index (χ0v) is 23.6. The van der Waals surface area contributed by atoms with Crippen LogP contribution in [0.5, 0.6) is 0 Å². The van der Waals surface area contributed by atoms with E-state index in [0.29, 0.717) is 6.42 Å². The molecule has 1 rings (SSSR count). The molecule has 1 aromatic carbocycles. The first kappa shape index (κ1) is 31.1. The molecule has 0 bridgehead atoms. The molecule has 0 aromatic heterocycles. The summed E-state index contributed by atoms with van der Waals surface area (Å²) in [5.74, 6) is 0.720. The number of hydrogen-bond donors (Lipinski definition) is 4. The Hall–Kier alpha value is -0.940. The van der Waals surface area contributed by atoms with Crippen LogP contribution in [-0.2, 0) is 16.4 Å². The third kappa shape index (κ3) is 7.29. The highest BCUT2D eigenvalue weighted by molar-refractivity contribution is 5.50. The van der Waals surface area contributed by atoms with Gasteiger partial charge in [-0.3, -0.25) is 0 Å². The highest BCUT2D eigenvalue weighted by Crippen LogP contribution is 2.50. The van der Waals surface area contributed by atoms with E-state index < -0.39 is 30.8 Å². The predicted molar refractivity (Wildman–Crippen MR) is 143 cm³/mol. The van der Waals surface area contributed by atoms with Crippen LogP contribution in [-0.4, -0.2) is 40.2 Å². The lowest BCUT2D eigenvalue weighted by Crippen LogP contribution is -2.55. The van der Waals surface area contributed by atoms with Crippen molar-refractivity contribution < 1.29 is 20.4 Å². The van der Waals surface area contributed by atoms with Gasteiger partial charge in [0.25, 0.3) is 0 Å². The van der Waals surface area contributed by atoms with Crippen LogP contribution in [0.2, 0.25) is 0 Å². The second kappa shape index (κ2) is 12.3. The molecule has 0 aliphatic rings. The summed E-state index contributed by atoms with van der Waals surface area (Å²) in [5.41, 5.74) is 0.371. The van der Waals surface area contributed by atoms with Gasteiger partial charge in [-0.1, -0.05) is 112 Å². The number of unbranched alkanes of at least 4 members (excludes halogenated alkanes) is 4. The van der Waals surface area contributed by atoms with Gasteiger partial charge >= 0.3 is 0 Å². The summed E-state index contributed by atoms with van der Waals surface area (Å²) in [6, 6.07) is 4.25. The van der Waals surface area contributed by atoms with Gasteiger partial charge in [0.2, 0.25) is 0 Å². The molecule has 34 heavy (non-hydrogen) atoms. The maximum atomic E-state index is 12.6. The number of hydrogen-bond acceptors (Lipinski definition) is 4. The van der Waals surface area contributed by atoms with Crippen LogP contribution in [0.3, 0.4) is 0 Å². The van der Waals surface area contributed by atoms with Crippen molar-refractivity contribution in [2.45, 2.75) is 124 Å². The van der Waals surface area contributed by atoms with Crippen molar-refractivity contribution in [2.24, 2.45) is 11.3 Å². The molecule has 0 aliphatic heterocycles. The molecule has 0 saturated carbocycles. The second-order valence-corrected chi connectivity index (χ2v) is 13.1. The maximum absolute atomic E-state index is 12.6. The molecule has 0 radical (unpaired) electrons. The average molecular weight is 479 g/mol. The van der Waals surface area contributed by atoms with Gasteiger partial charge < -0.3 is 20.4 Å². The van der Waals surface area contributed by atoms with Crippen LogP contribution in [0.4, 0.5) is 0 Å². The van der Waals surface area contributed by atoms with Crippen LogP contribution >= 0.6 is 0 Å². The van der Waals surface area contributed by atoms with Gasteiger partial charge in [0, 0.05) is 0 Å². The highest BCUT2D eigenvalue weighted by Gasteiger charge is 2.53. The van der Waals surface area contributed by atoms with E-state index in [4.69, 9.17) is 0 Å². The fourth-order valence-corrected chi connectivity index (χ4v) is 5.08. The van der Waals surface area contributed by atoms with E-state index >= 15 is 0 Å². The molecular formula is C30H54O4. The molecule has 1 unspecified atom stereocenters. The lowest BCUT2D eigenvalue weighted by atomic mass is 9.60. The van der Waals surface area contributed by atoms with Gasteiger partial charge in [-0.05, 0) is 46.8 Å². The molecule has 0 heterocycles. The number of aryl methyl sites for hydroxylation is 1. The summed E-state index contributed by atoms with van der Waals surface area (Å²) in [4.78, 5) is 0. The van der Waals surface area contributed by atoms with Gasteiger partial charge in [-0.25, -0.2) is 0 Å². The van der Waals surface area contributed by atoms with E-state index in [2.05, 4.69) is 74.4 Å². The average Bonchev–Trinajstić information content (AvgIpc) is 2.72. The molecule has 4 N–H and O–H groups in total. The monoisotopic (exact) mass is 478 g/mol. The summed E-state index contributed by atoms with van der Waals surface area (Å²) in [6.07, 6.45) is 6.84. The molecule has 4 nitrogen and oxygen atoms in total. The Morgan fingerprint density at radius 3 is 1.50 bits per heavy atom. The van der Waals surface area contributed by atoms with Gasteiger partial charge in [-0.2, -0.15) is 0 Å². The van der Waals surface area contributed by atoms with Crippen molar-refractivity contribution in [3.63, 3.8) is 0 Å². The zero-order chi connectivity index (χ0) is 26.4. The molecule has 0 amide bonds. The summed E-state index contributed by atoms with van der Waals surface area (Å²) in [5, 5.41) is 43.9. The zero-order valence-electron chi connectivity index (χ0n) is 23.6. The van der Waals surface area contributed by atoms with Crippen molar-refractivity contribution >= 4 is 0 Å². The normalized spacial score (nSPS) is 15.1. The van der Waals surface area contributed by atoms with Crippen LogP contribution in [0.1, 0.15) is 123 Å². The smallest absolute Gasteiger partial charge is 0.102 e. The van der Waals surface area contributed by atoms with Gasteiger partial charge in [-0.15, -0.1) is 0 Å². The molecule has 198 valence electrons. The molecule has 0 aliphatic carbocycles. The largest absolute Gasteiger partial charge is 0.395 e. The summed E-state index contributed by atoms with van der Waals surface area (Å²) in [6.45, 7) is 17.9. The summed E-state index contributed by atoms with van der Waals surface area (Å²) >= 11 is 0. The molecule has 0 saturated heterocycles. The Kier molecular flexibility index (Phi) is 11.3. The van der Waals surface area contributed by atoms with Crippen LogP contribution in [0.25, 0.3) is 0 Å². The molecule has 4 heteroatoms. The Morgan fingerprint density at radius 2 is 1.12 bits per heavy atom. The topological polar surface area (TPSA) is 80.9 Å². The Bertz CT molecular complexity index is 707. The van der Waals surface area contributed by atoms with Crippen LogP contribution < -0.4 is 0 Å². The van der Waals surface area contributed by atoms with E-state index in [-0.39, 0.29) is 10.8 Å². The second-order valence-electron chi connectivity index (χ2n) is 13.1. The third-order valence-electron chi connectivity index (χ3n) is 7.42. The van der Waals surface area contributed by atoms with E-state index in [0.717, 1.165) is 47.4 Å². The third-order valence-corrected chi connectivity index (χ3v) is 7.42. The molecule has 1 aromatic rings. The number of aliphatic hydroxyl groups is 4. The molecule has 0 spiro atoms. The highest BCUT2D eigenvalue weighted by atomic mass is 16.3. The van der Waals surface area contributed by atoms with Crippen molar-refractivity contribution in [3.05, 3.63) is 34.4 Å². The summed E-state index contributed by atoms with van der Waals surface area (Å²) < 4.78 is 0. The standard InChI is InChI=1S/C30H54O4/c1-22(2)15-13-11-10-12-14-16-30(34,29(19-31,20-32)21-33)26-24(27(4,5)6)17-23(3)18-25(26)28(7,8)9/h17-18,22,31-34H,10-16,19-21H2,1-9H3. The van der Waals surface area contributed by atoms with E-state index in [1.54, 1.807) is 0 Å². The van der Waals surface area contributed by atoms with Gasteiger partial charge in [0.1, 0.15) is 5.60 Å². The van der Waals surface area contributed by atoms with Crippen molar-refractivity contribution in [1.82, 2.24) is 0 Å². The first-order chi connectivity index (χ1) is 15.6. The van der Waals surface area contributed by atoms with E-state index in [1.807, 2.05) is 0 Å². The quantitative estimate of drug-likeness (QED) is 0.257. The van der Waals surface area contributed by atoms with E-state index in [9.17, 15) is 20.4 Å². The maximum Gasteiger partial charge on any atom is 0.102 e.